The third-order valence-corrected chi connectivity index (χ3v) is 5.54. The van der Waals surface area contributed by atoms with Gasteiger partial charge in [-0.1, -0.05) is 30.3 Å². The minimum Gasteiger partial charge on any atom is -0.481 e. The van der Waals surface area contributed by atoms with Crippen molar-refractivity contribution in [3.05, 3.63) is 35.9 Å². The first-order valence-corrected chi connectivity index (χ1v) is 8.71. The van der Waals surface area contributed by atoms with Crippen LogP contribution in [-0.4, -0.2) is 23.5 Å². The van der Waals surface area contributed by atoms with Gasteiger partial charge in [0.1, 0.15) is 0 Å². The van der Waals surface area contributed by atoms with Crippen LogP contribution in [0.15, 0.2) is 30.3 Å². The number of amides is 1. The number of rotatable bonds is 7. The molecule has 1 amide bonds. The molecular formula is C19H25NO3. The molecule has 4 atom stereocenters. The molecule has 3 rings (SSSR count). The van der Waals surface area contributed by atoms with Gasteiger partial charge < -0.3 is 10.4 Å². The monoisotopic (exact) mass is 315 g/mol. The highest BCUT2D eigenvalue weighted by Gasteiger charge is 2.53. The molecule has 0 spiro atoms. The summed E-state index contributed by atoms with van der Waals surface area (Å²) in [5, 5.41) is 12.4. The maximum Gasteiger partial charge on any atom is 0.307 e. The van der Waals surface area contributed by atoms with Crippen molar-refractivity contribution < 1.29 is 14.7 Å². The van der Waals surface area contributed by atoms with Crippen LogP contribution >= 0.6 is 0 Å². The molecule has 124 valence electrons. The summed E-state index contributed by atoms with van der Waals surface area (Å²) in [6, 6.07) is 10.3. The summed E-state index contributed by atoms with van der Waals surface area (Å²) in [5.74, 6) is -1.10. The maximum atomic E-state index is 12.4. The maximum absolute atomic E-state index is 12.4. The molecule has 2 N–H and O–H groups in total. The van der Waals surface area contributed by atoms with E-state index in [2.05, 4.69) is 17.4 Å². The predicted octanol–water partition coefficient (Wildman–Crippen LogP) is 2.87. The molecule has 0 heterocycles. The van der Waals surface area contributed by atoms with Gasteiger partial charge in [0.2, 0.25) is 5.91 Å². The van der Waals surface area contributed by atoms with Gasteiger partial charge in [-0.05, 0) is 55.9 Å². The third-order valence-electron chi connectivity index (χ3n) is 5.54. The number of carboxylic acids is 1. The van der Waals surface area contributed by atoms with E-state index in [1.54, 1.807) is 0 Å². The van der Waals surface area contributed by atoms with Crippen LogP contribution in [0.2, 0.25) is 0 Å². The number of fused-ring (bicyclic) bond motifs is 2. The highest BCUT2D eigenvalue weighted by Crippen LogP contribution is 2.52. The van der Waals surface area contributed by atoms with Crippen LogP contribution in [0.4, 0.5) is 0 Å². The van der Waals surface area contributed by atoms with E-state index in [4.69, 9.17) is 0 Å². The van der Waals surface area contributed by atoms with E-state index in [0.717, 1.165) is 38.5 Å². The lowest BCUT2D eigenvalue weighted by molar-refractivity contribution is -0.149. The van der Waals surface area contributed by atoms with E-state index < -0.39 is 11.9 Å². The number of hydrogen-bond acceptors (Lipinski definition) is 2. The van der Waals surface area contributed by atoms with Crippen molar-refractivity contribution in [2.45, 2.75) is 38.5 Å². The second-order valence-corrected chi connectivity index (χ2v) is 6.96. The molecule has 4 unspecified atom stereocenters. The van der Waals surface area contributed by atoms with Crippen molar-refractivity contribution in [1.29, 1.82) is 0 Å². The molecule has 2 fully saturated rings. The molecule has 23 heavy (non-hydrogen) atoms. The first kappa shape index (κ1) is 16.0. The smallest absolute Gasteiger partial charge is 0.307 e. The van der Waals surface area contributed by atoms with E-state index in [9.17, 15) is 14.7 Å². The number of carbonyl (C=O) groups is 2. The predicted molar refractivity (Wildman–Crippen MR) is 87.8 cm³/mol. The summed E-state index contributed by atoms with van der Waals surface area (Å²) >= 11 is 0. The highest BCUT2D eigenvalue weighted by atomic mass is 16.4. The Kier molecular flexibility index (Phi) is 4.99. The molecule has 0 saturated heterocycles. The molecule has 2 bridgehead atoms. The number of unbranched alkanes of at least 4 members (excludes halogenated alkanes) is 1. The Morgan fingerprint density at radius 2 is 1.74 bits per heavy atom. The SMILES string of the molecule is O=C(O)C1C2CCC(C2)C1C(=O)NCCCCc1ccccc1. The zero-order valence-corrected chi connectivity index (χ0v) is 13.4. The quantitative estimate of drug-likeness (QED) is 0.760. The molecule has 4 heteroatoms. The van der Waals surface area contributed by atoms with Crippen LogP contribution in [0.5, 0.6) is 0 Å². The van der Waals surface area contributed by atoms with Gasteiger partial charge in [0.05, 0.1) is 11.8 Å². The fourth-order valence-corrected chi connectivity index (χ4v) is 4.45. The topological polar surface area (TPSA) is 66.4 Å². The zero-order valence-electron chi connectivity index (χ0n) is 13.4. The minimum absolute atomic E-state index is 0.0377. The molecule has 2 aliphatic carbocycles. The van der Waals surface area contributed by atoms with Gasteiger partial charge in [0, 0.05) is 6.54 Å². The number of nitrogens with one attached hydrogen (secondary N) is 1. The van der Waals surface area contributed by atoms with Gasteiger partial charge in [-0.25, -0.2) is 0 Å². The Balaban J connectivity index is 1.42. The van der Waals surface area contributed by atoms with Crippen LogP contribution < -0.4 is 5.32 Å². The van der Waals surface area contributed by atoms with Crippen LogP contribution in [0.3, 0.4) is 0 Å². The fourth-order valence-electron chi connectivity index (χ4n) is 4.45. The Hall–Kier alpha value is -1.84. The van der Waals surface area contributed by atoms with Gasteiger partial charge in [-0.3, -0.25) is 9.59 Å². The van der Waals surface area contributed by atoms with Crippen LogP contribution in [0.1, 0.15) is 37.7 Å². The normalized spacial score (nSPS) is 28.7. The van der Waals surface area contributed by atoms with Crippen molar-refractivity contribution in [2.75, 3.05) is 6.54 Å². The molecule has 1 aromatic carbocycles. The van der Waals surface area contributed by atoms with Gasteiger partial charge in [0.25, 0.3) is 0 Å². The second-order valence-electron chi connectivity index (χ2n) is 6.96. The molecular weight excluding hydrogens is 290 g/mol. The standard InChI is InChI=1S/C19H25NO3/c21-18(16-14-9-10-15(12-14)17(16)19(22)23)20-11-5-4-8-13-6-2-1-3-7-13/h1-3,6-7,14-17H,4-5,8-12H2,(H,20,21)(H,22,23). The van der Waals surface area contributed by atoms with Crippen LogP contribution in [0.25, 0.3) is 0 Å². The summed E-state index contributed by atoms with van der Waals surface area (Å²) in [5.41, 5.74) is 1.32. The van der Waals surface area contributed by atoms with E-state index in [1.165, 1.54) is 5.56 Å². The van der Waals surface area contributed by atoms with E-state index >= 15 is 0 Å². The van der Waals surface area contributed by atoms with Gasteiger partial charge >= 0.3 is 5.97 Å². The lowest BCUT2D eigenvalue weighted by atomic mass is 9.78. The van der Waals surface area contributed by atoms with E-state index in [0.29, 0.717) is 6.54 Å². The average Bonchev–Trinajstić information content (AvgIpc) is 3.16. The molecule has 0 aliphatic heterocycles. The molecule has 4 nitrogen and oxygen atoms in total. The number of benzene rings is 1. The van der Waals surface area contributed by atoms with Gasteiger partial charge in [0.15, 0.2) is 0 Å². The van der Waals surface area contributed by atoms with Crippen LogP contribution in [0, 0.1) is 23.7 Å². The largest absolute Gasteiger partial charge is 0.481 e. The summed E-state index contributed by atoms with van der Waals surface area (Å²) < 4.78 is 0. The number of hydrogen-bond donors (Lipinski definition) is 2. The number of aliphatic carboxylic acids is 1. The Bertz CT molecular complexity index is 557. The van der Waals surface area contributed by atoms with Gasteiger partial charge in [-0.15, -0.1) is 0 Å². The minimum atomic E-state index is -0.790. The summed E-state index contributed by atoms with van der Waals surface area (Å²) in [6.45, 7) is 0.645. The lowest BCUT2D eigenvalue weighted by Crippen LogP contribution is -2.41. The first-order valence-electron chi connectivity index (χ1n) is 8.71. The average molecular weight is 315 g/mol. The lowest BCUT2D eigenvalue weighted by Gasteiger charge is -2.27. The van der Waals surface area contributed by atoms with Crippen molar-refractivity contribution in [3.8, 4) is 0 Å². The van der Waals surface area contributed by atoms with Crippen molar-refractivity contribution in [3.63, 3.8) is 0 Å². The third kappa shape index (κ3) is 3.57. The fraction of sp³-hybridized carbons (Fsp3) is 0.579. The Morgan fingerprint density at radius 1 is 1.04 bits per heavy atom. The molecule has 2 saturated carbocycles. The molecule has 1 aromatic rings. The summed E-state index contributed by atoms with van der Waals surface area (Å²) in [6.07, 6.45) is 5.89. The summed E-state index contributed by atoms with van der Waals surface area (Å²) in [4.78, 5) is 23.9. The summed E-state index contributed by atoms with van der Waals surface area (Å²) in [7, 11) is 0. The molecule has 2 aliphatic rings. The van der Waals surface area contributed by atoms with Crippen molar-refractivity contribution in [1.82, 2.24) is 5.32 Å². The molecule has 0 aromatic heterocycles. The zero-order chi connectivity index (χ0) is 16.2. The number of aryl methyl sites for hydroxylation is 1. The second kappa shape index (κ2) is 7.16. The van der Waals surface area contributed by atoms with Crippen LogP contribution in [-0.2, 0) is 16.0 Å². The van der Waals surface area contributed by atoms with Crippen molar-refractivity contribution in [2.24, 2.45) is 23.7 Å². The Morgan fingerprint density at radius 3 is 2.43 bits per heavy atom. The first-order chi connectivity index (χ1) is 11.2. The Labute approximate surface area is 137 Å². The van der Waals surface area contributed by atoms with E-state index in [1.807, 2.05) is 18.2 Å². The van der Waals surface area contributed by atoms with E-state index in [-0.39, 0.29) is 23.7 Å². The molecule has 0 radical (unpaired) electrons. The highest BCUT2D eigenvalue weighted by molar-refractivity contribution is 5.86. The number of carboxylic acid groups (broad SMARTS) is 1. The number of carbonyl (C=O) groups excluding carboxylic acids is 1. The van der Waals surface area contributed by atoms with Gasteiger partial charge in [-0.2, -0.15) is 0 Å². The van der Waals surface area contributed by atoms with Crippen molar-refractivity contribution >= 4 is 11.9 Å².